The Balaban J connectivity index is 2.14. The Kier molecular flexibility index (Phi) is 3.60. The Morgan fingerprint density at radius 1 is 1.06 bits per heavy atom. The maximum atomic E-state index is 11.9. The standard InChI is InChI=1S/C14H13NO3/c16-9-10-5-7-11(8-6-10)15-14(18)12-3-1-2-4-13(12)17/h1-8,16-17H,9H2,(H,15,18). The van der Waals surface area contributed by atoms with Gasteiger partial charge in [-0.05, 0) is 29.8 Å². The van der Waals surface area contributed by atoms with Gasteiger partial charge in [-0.15, -0.1) is 0 Å². The van der Waals surface area contributed by atoms with E-state index >= 15 is 0 Å². The lowest BCUT2D eigenvalue weighted by Crippen LogP contribution is -2.11. The van der Waals surface area contributed by atoms with E-state index in [9.17, 15) is 9.90 Å². The van der Waals surface area contributed by atoms with E-state index in [0.29, 0.717) is 5.69 Å². The summed E-state index contributed by atoms with van der Waals surface area (Å²) in [6, 6.07) is 13.2. The summed E-state index contributed by atoms with van der Waals surface area (Å²) in [4.78, 5) is 11.9. The highest BCUT2D eigenvalue weighted by Gasteiger charge is 2.09. The molecule has 0 aromatic heterocycles. The molecular weight excluding hydrogens is 230 g/mol. The molecule has 2 rings (SSSR count). The van der Waals surface area contributed by atoms with Crippen LogP contribution in [-0.4, -0.2) is 16.1 Å². The molecule has 0 saturated carbocycles. The van der Waals surface area contributed by atoms with Crippen LogP contribution in [0.15, 0.2) is 48.5 Å². The van der Waals surface area contributed by atoms with Crippen LogP contribution in [0.5, 0.6) is 5.75 Å². The summed E-state index contributed by atoms with van der Waals surface area (Å²) in [5.41, 5.74) is 1.61. The monoisotopic (exact) mass is 243 g/mol. The fourth-order valence-corrected chi connectivity index (χ4v) is 1.56. The van der Waals surface area contributed by atoms with Crippen molar-refractivity contribution >= 4 is 11.6 Å². The smallest absolute Gasteiger partial charge is 0.259 e. The topological polar surface area (TPSA) is 69.6 Å². The minimum atomic E-state index is -0.371. The molecule has 18 heavy (non-hydrogen) atoms. The number of carbonyl (C=O) groups excluding carboxylic acids is 1. The number of carbonyl (C=O) groups is 1. The Morgan fingerprint density at radius 2 is 1.72 bits per heavy atom. The number of aromatic hydroxyl groups is 1. The van der Waals surface area contributed by atoms with Crippen LogP contribution in [0.2, 0.25) is 0 Å². The van der Waals surface area contributed by atoms with E-state index in [2.05, 4.69) is 5.32 Å². The predicted molar refractivity (Wildman–Crippen MR) is 68.4 cm³/mol. The molecule has 0 fully saturated rings. The van der Waals surface area contributed by atoms with E-state index in [1.165, 1.54) is 6.07 Å². The summed E-state index contributed by atoms with van der Waals surface area (Å²) in [6.07, 6.45) is 0. The number of para-hydroxylation sites is 1. The van der Waals surface area contributed by atoms with Crippen LogP contribution in [0.25, 0.3) is 0 Å². The highest BCUT2D eigenvalue weighted by atomic mass is 16.3. The average molecular weight is 243 g/mol. The number of nitrogens with one attached hydrogen (secondary N) is 1. The highest BCUT2D eigenvalue weighted by molar-refractivity contribution is 6.06. The molecule has 0 unspecified atom stereocenters. The van der Waals surface area contributed by atoms with Crippen LogP contribution < -0.4 is 5.32 Å². The van der Waals surface area contributed by atoms with Crippen molar-refractivity contribution in [2.45, 2.75) is 6.61 Å². The van der Waals surface area contributed by atoms with E-state index < -0.39 is 0 Å². The van der Waals surface area contributed by atoms with Gasteiger partial charge in [-0.1, -0.05) is 24.3 Å². The molecule has 1 amide bonds. The minimum absolute atomic E-state index is 0.0340. The molecule has 3 N–H and O–H groups in total. The number of phenolic OH excluding ortho intramolecular Hbond substituents is 1. The van der Waals surface area contributed by atoms with Crippen molar-refractivity contribution in [1.82, 2.24) is 0 Å². The third-order valence-electron chi connectivity index (χ3n) is 2.54. The molecule has 4 nitrogen and oxygen atoms in total. The number of aliphatic hydroxyl groups excluding tert-OH is 1. The molecule has 92 valence electrons. The zero-order valence-electron chi connectivity index (χ0n) is 9.63. The largest absolute Gasteiger partial charge is 0.507 e. The SMILES string of the molecule is O=C(Nc1ccc(CO)cc1)c1ccccc1O. The van der Waals surface area contributed by atoms with Gasteiger partial charge in [0.05, 0.1) is 12.2 Å². The van der Waals surface area contributed by atoms with E-state index in [4.69, 9.17) is 5.11 Å². The van der Waals surface area contributed by atoms with Gasteiger partial charge in [-0.25, -0.2) is 0 Å². The Bertz CT molecular complexity index is 549. The molecule has 2 aromatic carbocycles. The van der Waals surface area contributed by atoms with Gasteiger partial charge < -0.3 is 15.5 Å². The van der Waals surface area contributed by atoms with Crippen molar-refractivity contribution in [3.8, 4) is 5.75 Å². The normalized spacial score (nSPS) is 10.1. The lowest BCUT2D eigenvalue weighted by molar-refractivity contribution is 0.102. The van der Waals surface area contributed by atoms with Gasteiger partial charge >= 0.3 is 0 Å². The summed E-state index contributed by atoms with van der Waals surface area (Å²) < 4.78 is 0. The number of amides is 1. The molecule has 2 aromatic rings. The average Bonchev–Trinajstić information content (AvgIpc) is 2.40. The van der Waals surface area contributed by atoms with Crippen LogP contribution in [-0.2, 0) is 6.61 Å². The lowest BCUT2D eigenvalue weighted by Gasteiger charge is -2.07. The minimum Gasteiger partial charge on any atom is -0.507 e. The van der Waals surface area contributed by atoms with E-state index in [0.717, 1.165) is 5.56 Å². The molecule has 0 aliphatic heterocycles. The second kappa shape index (κ2) is 5.33. The van der Waals surface area contributed by atoms with Crippen molar-refractivity contribution in [2.75, 3.05) is 5.32 Å². The molecule has 0 radical (unpaired) electrons. The number of aliphatic hydroxyl groups is 1. The first-order chi connectivity index (χ1) is 8.70. The number of benzene rings is 2. The second-order valence-corrected chi connectivity index (χ2v) is 3.83. The van der Waals surface area contributed by atoms with E-state index in [-0.39, 0.29) is 23.8 Å². The Labute approximate surface area is 105 Å². The first-order valence-electron chi connectivity index (χ1n) is 5.50. The zero-order valence-corrected chi connectivity index (χ0v) is 9.63. The number of anilines is 1. The summed E-state index contributed by atoms with van der Waals surface area (Å²) >= 11 is 0. The fourth-order valence-electron chi connectivity index (χ4n) is 1.56. The number of phenols is 1. The molecule has 0 atom stereocenters. The Hall–Kier alpha value is -2.33. The molecule has 0 spiro atoms. The van der Waals surface area contributed by atoms with Crippen molar-refractivity contribution in [3.05, 3.63) is 59.7 Å². The number of hydrogen-bond acceptors (Lipinski definition) is 3. The molecule has 0 aliphatic carbocycles. The maximum absolute atomic E-state index is 11.9. The van der Waals surface area contributed by atoms with Crippen LogP contribution >= 0.6 is 0 Å². The lowest BCUT2D eigenvalue weighted by atomic mass is 10.1. The molecule has 4 heteroatoms. The maximum Gasteiger partial charge on any atom is 0.259 e. The molecular formula is C14H13NO3. The van der Waals surface area contributed by atoms with Crippen molar-refractivity contribution in [1.29, 1.82) is 0 Å². The van der Waals surface area contributed by atoms with Gasteiger partial charge in [0.15, 0.2) is 0 Å². The molecule has 0 aliphatic rings. The van der Waals surface area contributed by atoms with Crippen molar-refractivity contribution in [2.24, 2.45) is 0 Å². The number of rotatable bonds is 3. The van der Waals surface area contributed by atoms with Crippen LogP contribution in [0.4, 0.5) is 5.69 Å². The summed E-state index contributed by atoms with van der Waals surface area (Å²) in [5.74, 6) is -0.424. The summed E-state index contributed by atoms with van der Waals surface area (Å²) in [5, 5.41) is 21.1. The molecule has 0 bridgehead atoms. The second-order valence-electron chi connectivity index (χ2n) is 3.83. The molecule has 0 saturated heterocycles. The third-order valence-corrected chi connectivity index (χ3v) is 2.54. The summed E-state index contributed by atoms with van der Waals surface area (Å²) in [6.45, 7) is -0.0340. The van der Waals surface area contributed by atoms with Gasteiger partial charge in [0.1, 0.15) is 5.75 Å². The van der Waals surface area contributed by atoms with Crippen LogP contribution in [0.1, 0.15) is 15.9 Å². The molecule has 0 heterocycles. The fraction of sp³-hybridized carbons (Fsp3) is 0.0714. The van der Waals surface area contributed by atoms with E-state index in [1.54, 1.807) is 42.5 Å². The van der Waals surface area contributed by atoms with Gasteiger partial charge in [0.25, 0.3) is 5.91 Å². The van der Waals surface area contributed by atoms with Gasteiger partial charge in [-0.2, -0.15) is 0 Å². The zero-order chi connectivity index (χ0) is 13.0. The van der Waals surface area contributed by atoms with Crippen molar-refractivity contribution in [3.63, 3.8) is 0 Å². The third kappa shape index (κ3) is 2.67. The first-order valence-corrected chi connectivity index (χ1v) is 5.50. The summed E-state index contributed by atoms with van der Waals surface area (Å²) in [7, 11) is 0. The van der Waals surface area contributed by atoms with Gasteiger partial charge in [0, 0.05) is 5.69 Å². The van der Waals surface area contributed by atoms with Crippen LogP contribution in [0, 0.1) is 0 Å². The van der Waals surface area contributed by atoms with Gasteiger partial charge in [-0.3, -0.25) is 4.79 Å². The van der Waals surface area contributed by atoms with Crippen LogP contribution in [0.3, 0.4) is 0 Å². The Morgan fingerprint density at radius 3 is 2.33 bits per heavy atom. The van der Waals surface area contributed by atoms with Crippen molar-refractivity contribution < 1.29 is 15.0 Å². The van der Waals surface area contributed by atoms with E-state index in [1.807, 2.05) is 0 Å². The highest BCUT2D eigenvalue weighted by Crippen LogP contribution is 2.18. The quantitative estimate of drug-likeness (QED) is 0.773. The predicted octanol–water partition coefficient (Wildman–Crippen LogP) is 2.14. The first kappa shape index (κ1) is 12.1. The van der Waals surface area contributed by atoms with Gasteiger partial charge in [0.2, 0.25) is 0 Å². The number of hydrogen-bond donors (Lipinski definition) is 3.